The van der Waals surface area contributed by atoms with E-state index in [9.17, 15) is 4.79 Å². The van der Waals surface area contributed by atoms with Crippen LogP contribution in [0.1, 0.15) is 34.7 Å². The van der Waals surface area contributed by atoms with Crippen molar-refractivity contribution in [3.05, 3.63) is 59.5 Å². The van der Waals surface area contributed by atoms with Crippen molar-refractivity contribution >= 4 is 5.91 Å². The van der Waals surface area contributed by atoms with Crippen LogP contribution in [-0.2, 0) is 7.05 Å². The van der Waals surface area contributed by atoms with Crippen molar-refractivity contribution in [1.29, 1.82) is 0 Å². The summed E-state index contributed by atoms with van der Waals surface area (Å²) < 4.78 is 7.04. The van der Waals surface area contributed by atoms with Crippen LogP contribution in [-0.4, -0.2) is 20.8 Å². The molecule has 0 radical (unpaired) electrons. The highest BCUT2D eigenvalue weighted by Gasteiger charge is 2.18. The zero-order valence-corrected chi connectivity index (χ0v) is 13.3. The first kappa shape index (κ1) is 15.0. The Bertz CT molecular complexity index is 820. The zero-order valence-electron chi connectivity index (χ0n) is 13.3. The van der Waals surface area contributed by atoms with E-state index in [4.69, 9.17) is 4.52 Å². The fraction of sp³-hybridized carbons (Fsp3) is 0.235. The summed E-state index contributed by atoms with van der Waals surface area (Å²) in [6, 6.07) is 11.0. The minimum atomic E-state index is -0.272. The predicted octanol–water partition coefficient (Wildman–Crippen LogP) is 2.87. The Kier molecular flexibility index (Phi) is 3.97. The summed E-state index contributed by atoms with van der Waals surface area (Å²) in [4.78, 5) is 12.3. The number of carbonyl (C=O) groups is 1. The third-order valence-corrected chi connectivity index (χ3v) is 3.89. The van der Waals surface area contributed by atoms with E-state index in [1.165, 1.54) is 0 Å². The molecule has 1 atom stereocenters. The van der Waals surface area contributed by atoms with Gasteiger partial charge in [-0.1, -0.05) is 35.5 Å². The van der Waals surface area contributed by atoms with Crippen molar-refractivity contribution in [2.75, 3.05) is 0 Å². The number of hydrogen-bond acceptors (Lipinski definition) is 4. The number of carbonyl (C=O) groups excluding carboxylic acids is 1. The van der Waals surface area contributed by atoms with Crippen molar-refractivity contribution in [2.24, 2.45) is 7.05 Å². The van der Waals surface area contributed by atoms with Crippen LogP contribution in [0.25, 0.3) is 11.3 Å². The van der Waals surface area contributed by atoms with Crippen molar-refractivity contribution in [2.45, 2.75) is 19.9 Å². The standard InChI is InChI=1S/C17H18N4O2/c1-11(14-10-18-21(3)12(14)2)19-17(22)15-9-16(23-20-15)13-7-5-4-6-8-13/h4-11H,1-3H3,(H,19,22)/t11-/m1/s1. The largest absolute Gasteiger partial charge is 0.355 e. The van der Waals surface area contributed by atoms with E-state index < -0.39 is 0 Å². The molecule has 1 N–H and O–H groups in total. The molecular weight excluding hydrogens is 292 g/mol. The Balaban J connectivity index is 1.74. The zero-order chi connectivity index (χ0) is 16.4. The number of hydrogen-bond donors (Lipinski definition) is 1. The van der Waals surface area contributed by atoms with Crippen LogP contribution < -0.4 is 5.32 Å². The highest BCUT2D eigenvalue weighted by atomic mass is 16.5. The van der Waals surface area contributed by atoms with Crippen LogP contribution in [0.15, 0.2) is 47.1 Å². The van der Waals surface area contributed by atoms with Gasteiger partial charge in [-0.05, 0) is 13.8 Å². The summed E-state index contributed by atoms with van der Waals surface area (Å²) in [7, 11) is 1.87. The second kappa shape index (κ2) is 6.08. The summed E-state index contributed by atoms with van der Waals surface area (Å²) in [6.45, 7) is 3.88. The highest BCUT2D eigenvalue weighted by Crippen LogP contribution is 2.21. The molecule has 118 valence electrons. The van der Waals surface area contributed by atoms with E-state index in [-0.39, 0.29) is 17.6 Å². The van der Waals surface area contributed by atoms with Crippen LogP contribution in [0.2, 0.25) is 0 Å². The maximum atomic E-state index is 12.3. The topological polar surface area (TPSA) is 73.0 Å². The van der Waals surface area contributed by atoms with Gasteiger partial charge in [-0.3, -0.25) is 9.48 Å². The molecule has 0 aliphatic rings. The van der Waals surface area contributed by atoms with E-state index in [1.807, 2.05) is 51.2 Å². The van der Waals surface area contributed by atoms with Crippen LogP contribution in [0, 0.1) is 6.92 Å². The number of benzene rings is 1. The molecular formula is C17H18N4O2. The second-order valence-corrected chi connectivity index (χ2v) is 5.45. The summed E-state index contributed by atoms with van der Waals surface area (Å²) in [6.07, 6.45) is 1.76. The van der Waals surface area contributed by atoms with E-state index >= 15 is 0 Å². The molecule has 3 rings (SSSR count). The average molecular weight is 310 g/mol. The molecule has 0 unspecified atom stereocenters. The van der Waals surface area contributed by atoms with Crippen LogP contribution >= 0.6 is 0 Å². The van der Waals surface area contributed by atoms with Gasteiger partial charge in [0, 0.05) is 29.9 Å². The van der Waals surface area contributed by atoms with Gasteiger partial charge in [-0.15, -0.1) is 0 Å². The first-order valence-electron chi connectivity index (χ1n) is 7.37. The number of nitrogens with one attached hydrogen (secondary N) is 1. The molecule has 0 saturated heterocycles. The number of aryl methyl sites for hydroxylation is 1. The Labute approximate surface area is 134 Å². The molecule has 0 bridgehead atoms. The fourth-order valence-corrected chi connectivity index (χ4v) is 2.41. The normalized spacial score (nSPS) is 12.1. The molecule has 0 aliphatic carbocycles. The molecule has 0 spiro atoms. The minimum absolute atomic E-state index is 0.159. The van der Waals surface area contributed by atoms with Gasteiger partial charge < -0.3 is 9.84 Å². The summed E-state index contributed by atoms with van der Waals surface area (Å²) in [5.41, 5.74) is 3.14. The van der Waals surface area contributed by atoms with Crippen LogP contribution in [0.4, 0.5) is 0 Å². The summed E-state index contributed by atoms with van der Waals surface area (Å²) >= 11 is 0. The average Bonchev–Trinajstić information content (AvgIpc) is 3.16. The molecule has 6 nitrogen and oxygen atoms in total. The molecule has 6 heteroatoms. The van der Waals surface area contributed by atoms with Crippen molar-refractivity contribution < 1.29 is 9.32 Å². The lowest BCUT2D eigenvalue weighted by atomic mass is 10.1. The van der Waals surface area contributed by atoms with E-state index in [2.05, 4.69) is 15.6 Å². The van der Waals surface area contributed by atoms with Crippen LogP contribution in [0.5, 0.6) is 0 Å². The third kappa shape index (κ3) is 3.01. The SMILES string of the molecule is Cc1c([C@@H](C)NC(=O)c2cc(-c3ccccc3)on2)cnn1C. The maximum Gasteiger partial charge on any atom is 0.273 e. The Morgan fingerprint density at radius 1 is 1.30 bits per heavy atom. The lowest BCUT2D eigenvalue weighted by molar-refractivity contribution is 0.0930. The van der Waals surface area contributed by atoms with Crippen molar-refractivity contribution in [3.63, 3.8) is 0 Å². The van der Waals surface area contributed by atoms with Crippen LogP contribution in [0.3, 0.4) is 0 Å². The van der Waals surface area contributed by atoms with Gasteiger partial charge in [0.15, 0.2) is 11.5 Å². The molecule has 1 amide bonds. The van der Waals surface area contributed by atoms with E-state index in [0.29, 0.717) is 5.76 Å². The highest BCUT2D eigenvalue weighted by molar-refractivity contribution is 5.93. The van der Waals surface area contributed by atoms with Crippen molar-refractivity contribution in [3.8, 4) is 11.3 Å². The molecule has 0 saturated carbocycles. The molecule has 1 aromatic carbocycles. The molecule has 3 aromatic rings. The monoisotopic (exact) mass is 310 g/mol. The Morgan fingerprint density at radius 3 is 2.70 bits per heavy atom. The number of rotatable bonds is 4. The molecule has 2 heterocycles. The fourth-order valence-electron chi connectivity index (χ4n) is 2.41. The van der Waals surface area contributed by atoms with Gasteiger partial charge in [-0.25, -0.2) is 0 Å². The van der Waals surface area contributed by atoms with Crippen molar-refractivity contribution in [1.82, 2.24) is 20.3 Å². The van der Waals surface area contributed by atoms with Gasteiger partial charge in [0.05, 0.1) is 12.2 Å². The third-order valence-electron chi connectivity index (χ3n) is 3.89. The molecule has 2 aromatic heterocycles. The Hall–Kier alpha value is -2.89. The second-order valence-electron chi connectivity index (χ2n) is 5.45. The van der Waals surface area contributed by atoms with E-state index in [0.717, 1.165) is 16.8 Å². The van der Waals surface area contributed by atoms with Gasteiger partial charge in [0.25, 0.3) is 5.91 Å². The number of nitrogens with zero attached hydrogens (tertiary/aromatic N) is 3. The quantitative estimate of drug-likeness (QED) is 0.804. The summed E-state index contributed by atoms with van der Waals surface area (Å²) in [5, 5.41) is 11.0. The van der Waals surface area contributed by atoms with Gasteiger partial charge in [0.2, 0.25) is 0 Å². The summed E-state index contributed by atoms with van der Waals surface area (Å²) in [5.74, 6) is 0.299. The number of aromatic nitrogens is 3. The van der Waals surface area contributed by atoms with E-state index in [1.54, 1.807) is 16.9 Å². The maximum absolute atomic E-state index is 12.3. The van der Waals surface area contributed by atoms with Gasteiger partial charge in [-0.2, -0.15) is 5.10 Å². The lowest BCUT2D eigenvalue weighted by Gasteiger charge is -2.12. The smallest absolute Gasteiger partial charge is 0.273 e. The minimum Gasteiger partial charge on any atom is -0.355 e. The first-order chi connectivity index (χ1) is 11.1. The molecule has 0 aliphatic heterocycles. The lowest BCUT2D eigenvalue weighted by Crippen LogP contribution is -2.27. The predicted molar refractivity (Wildman–Crippen MR) is 85.8 cm³/mol. The Morgan fingerprint density at radius 2 is 2.04 bits per heavy atom. The number of amides is 1. The first-order valence-corrected chi connectivity index (χ1v) is 7.37. The van der Waals surface area contributed by atoms with Gasteiger partial charge >= 0.3 is 0 Å². The van der Waals surface area contributed by atoms with Gasteiger partial charge in [0.1, 0.15) is 0 Å². The molecule has 23 heavy (non-hydrogen) atoms. The molecule has 0 fully saturated rings.